The Morgan fingerprint density at radius 2 is 1.81 bits per heavy atom. The molecule has 2 rings (SSSR count). The highest BCUT2D eigenvalue weighted by molar-refractivity contribution is 9.10. The highest BCUT2D eigenvalue weighted by Gasteiger charge is 2.05. The van der Waals surface area contributed by atoms with Crippen molar-refractivity contribution in [2.45, 2.75) is 26.7 Å². The normalized spacial score (nSPS) is 10.7. The first-order chi connectivity index (χ1) is 7.66. The van der Waals surface area contributed by atoms with Crippen molar-refractivity contribution in [3.8, 4) is 0 Å². The summed E-state index contributed by atoms with van der Waals surface area (Å²) >= 11 is 3.44. The third kappa shape index (κ3) is 2.53. The van der Waals surface area contributed by atoms with Gasteiger partial charge in [0, 0.05) is 10.2 Å². The summed E-state index contributed by atoms with van der Waals surface area (Å²) in [5, 5.41) is 7.34. The highest BCUT2D eigenvalue weighted by Crippen LogP contribution is 2.14. The van der Waals surface area contributed by atoms with E-state index in [-0.39, 0.29) is 0 Å². The minimum atomic E-state index is 0.998. The summed E-state index contributed by atoms with van der Waals surface area (Å²) < 4.78 is 1.13. The number of aromatic amines is 1. The zero-order chi connectivity index (χ0) is 11.5. The molecule has 0 unspecified atom stereocenters. The third-order valence-electron chi connectivity index (χ3n) is 2.92. The van der Waals surface area contributed by atoms with E-state index in [1.807, 2.05) is 0 Å². The van der Waals surface area contributed by atoms with Crippen molar-refractivity contribution >= 4 is 15.9 Å². The number of aryl methyl sites for hydroxylation is 3. The Morgan fingerprint density at radius 1 is 1.12 bits per heavy atom. The molecule has 0 saturated heterocycles. The van der Waals surface area contributed by atoms with E-state index in [9.17, 15) is 0 Å². The summed E-state index contributed by atoms with van der Waals surface area (Å²) in [6.07, 6.45) is 2.04. The van der Waals surface area contributed by atoms with E-state index in [2.05, 4.69) is 64.2 Å². The lowest BCUT2D eigenvalue weighted by Crippen LogP contribution is -1.93. The average molecular weight is 279 g/mol. The van der Waals surface area contributed by atoms with Crippen molar-refractivity contribution in [2.75, 3.05) is 0 Å². The number of halogens is 1. The summed E-state index contributed by atoms with van der Waals surface area (Å²) in [5.41, 5.74) is 4.99. The molecule has 0 bridgehead atoms. The molecule has 2 nitrogen and oxygen atoms in total. The number of H-pyrrole nitrogens is 1. The van der Waals surface area contributed by atoms with Crippen molar-refractivity contribution in [1.29, 1.82) is 0 Å². The standard InChI is InChI=1S/C13H15BrN2/c1-9-10(2)15-16-13(9)8-5-11-3-6-12(14)7-4-11/h3-4,6-7H,5,8H2,1-2H3,(H,15,16). The Kier molecular flexibility index (Phi) is 3.44. The van der Waals surface area contributed by atoms with Crippen LogP contribution in [0.1, 0.15) is 22.5 Å². The van der Waals surface area contributed by atoms with E-state index in [0.29, 0.717) is 0 Å². The van der Waals surface area contributed by atoms with Gasteiger partial charge in [0.2, 0.25) is 0 Å². The van der Waals surface area contributed by atoms with Gasteiger partial charge in [0.25, 0.3) is 0 Å². The van der Waals surface area contributed by atoms with Crippen LogP contribution in [0.15, 0.2) is 28.7 Å². The van der Waals surface area contributed by atoms with Crippen LogP contribution in [-0.2, 0) is 12.8 Å². The predicted octanol–water partition coefficient (Wildman–Crippen LogP) is 3.57. The highest BCUT2D eigenvalue weighted by atomic mass is 79.9. The molecule has 1 N–H and O–H groups in total. The van der Waals surface area contributed by atoms with Crippen LogP contribution < -0.4 is 0 Å². The van der Waals surface area contributed by atoms with Crippen molar-refractivity contribution in [2.24, 2.45) is 0 Å². The van der Waals surface area contributed by atoms with Crippen LogP contribution >= 0.6 is 15.9 Å². The van der Waals surface area contributed by atoms with E-state index in [1.54, 1.807) is 0 Å². The fourth-order valence-electron chi connectivity index (χ4n) is 1.69. The summed E-state index contributed by atoms with van der Waals surface area (Å²) in [7, 11) is 0. The molecule has 1 heterocycles. The first kappa shape index (κ1) is 11.4. The van der Waals surface area contributed by atoms with Crippen LogP contribution in [0.4, 0.5) is 0 Å². The van der Waals surface area contributed by atoms with Gasteiger partial charge in [-0.3, -0.25) is 5.10 Å². The minimum Gasteiger partial charge on any atom is -0.282 e. The third-order valence-corrected chi connectivity index (χ3v) is 3.45. The fraction of sp³-hybridized carbons (Fsp3) is 0.308. The molecule has 0 fully saturated rings. The Morgan fingerprint density at radius 3 is 2.38 bits per heavy atom. The second-order valence-corrected chi connectivity index (χ2v) is 4.96. The van der Waals surface area contributed by atoms with Gasteiger partial charge in [0.1, 0.15) is 0 Å². The quantitative estimate of drug-likeness (QED) is 0.914. The lowest BCUT2D eigenvalue weighted by molar-refractivity contribution is 0.885. The topological polar surface area (TPSA) is 28.7 Å². The van der Waals surface area contributed by atoms with Gasteiger partial charge < -0.3 is 0 Å². The molecule has 0 aliphatic rings. The van der Waals surface area contributed by atoms with E-state index in [4.69, 9.17) is 0 Å². The number of nitrogens with one attached hydrogen (secondary N) is 1. The van der Waals surface area contributed by atoms with Crippen molar-refractivity contribution in [1.82, 2.24) is 10.2 Å². The first-order valence-electron chi connectivity index (χ1n) is 5.41. The molecule has 0 atom stereocenters. The van der Waals surface area contributed by atoms with Crippen molar-refractivity contribution in [3.05, 3.63) is 51.3 Å². The molecule has 0 saturated carbocycles. The van der Waals surface area contributed by atoms with Gasteiger partial charge in [-0.05, 0) is 49.9 Å². The van der Waals surface area contributed by atoms with E-state index in [1.165, 1.54) is 22.5 Å². The molecule has 0 aliphatic heterocycles. The maximum Gasteiger partial charge on any atom is 0.0657 e. The Hall–Kier alpha value is -1.09. The molecule has 3 heteroatoms. The van der Waals surface area contributed by atoms with Crippen molar-refractivity contribution < 1.29 is 0 Å². The second kappa shape index (κ2) is 4.83. The molecule has 0 radical (unpaired) electrons. The Labute approximate surface area is 104 Å². The predicted molar refractivity (Wildman–Crippen MR) is 69.6 cm³/mol. The number of aromatic nitrogens is 2. The zero-order valence-corrected chi connectivity index (χ0v) is 11.1. The minimum absolute atomic E-state index is 0.998. The summed E-state index contributed by atoms with van der Waals surface area (Å²) in [6.45, 7) is 4.18. The van der Waals surface area contributed by atoms with Crippen molar-refractivity contribution in [3.63, 3.8) is 0 Å². The van der Waals surface area contributed by atoms with Gasteiger partial charge in [0.05, 0.1) is 5.69 Å². The summed E-state index contributed by atoms with van der Waals surface area (Å²) in [4.78, 5) is 0. The number of hydrogen-bond donors (Lipinski definition) is 1. The number of rotatable bonds is 3. The monoisotopic (exact) mass is 278 g/mol. The molecular weight excluding hydrogens is 264 g/mol. The molecule has 0 amide bonds. The van der Waals surface area contributed by atoms with Gasteiger partial charge >= 0.3 is 0 Å². The second-order valence-electron chi connectivity index (χ2n) is 4.05. The van der Waals surface area contributed by atoms with E-state index < -0.39 is 0 Å². The molecule has 16 heavy (non-hydrogen) atoms. The maximum absolute atomic E-state index is 4.31. The van der Waals surface area contributed by atoms with E-state index >= 15 is 0 Å². The van der Waals surface area contributed by atoms with Gasteiger partial charge in [0.15, 0.2) is 0 Å². The lowest BCUT2D eigenvalue weighted by atomic mass is 10.1. The summed E-state index contributed by atoms with van der Waals surface area (Å²) in [6, 6.07) is 8.47. The molecule has 2 aromatic rings. The average Bonchev–Trinajstić information content (AvgIpc) is 2.60. The van der Waals surface area contributed by atoms with Gasteiger partial charge in [-0.15, -0.1) is 0 Å². The zero-order valence-electron chi connectivity index (χ0n) is 9.55. The fourth-order valence-corrected chi connectivity index (χ4v) is 1.96. The van der Waals surface area contributed by atoms with Gasteiger partial charge in [-0.1, -0.05) is 28.1 Å². The Balaban J connectivity index is 2.02. The molecule has 84 valence electrons. The molecule has 1 aromatic carbocycles. The molecule has 0 aliphatic carbocycles. The molecule has 1 aromatic heterocycles. The SMILES string of the molecule is Cc1[nH]nc(CCc2ccc(Br)cc2)c1C. The smallest absolute Gasteiger partial charge is 0.0657 e. The van der Waals surface area contributed by atoms with Gasteiger partial charge in [-0.2, -0.15) is 5.10 Å². The van der Waals surface area contributed by atoms with Crippen LogP contribution in [0.2, 0.25) is 0 Å². The first-order valence-corrected chi connectivity index (χ1v) is 6.21. The van der Waals surface area contributed by atoms with Crippen LogP contribution in [0.5, 0.6) is 0 Å². The Bertz CT molecular complexity index is 471. The van der Waals surface area contributed by atoms with Crippen LogP contribution in [0, 0.1) is 13.8 Å². The van der Waals surface area contributed by atoms with Gasteiger partial charge in [-0.25, -0.2) is 0 Å². The van der Waals surface area contributed by atoms with E-state index in [0.717, 1.165) is 17.3 Å². The summed E-state index contributed by atoms with van der Waals surface area (Å²) in [5.74, 6) is 0. The maximum atomic E-state index is 4.31. The van der Waals surface area contributed by atoms with Crippen LogP contribution in [-0.4, -0.2) is 10.2 Å². The van der Waals surface area contributed by atoms with Crippen LogP contribution in [0.25, 0.3) is 0 Å². The lowest BCUT2D eigenvalue weighted by Gasteiger charge is -2.00. The molecular formula is C13H15BrN2. The molecule has 0 spiro atoms. The number of hydrogen-bond acceptors (Lipinski definition) is 1. The largest absolute Gasteiger partial charge is 0.282 e. The number of benzene rings is 1. The number of nitrogens with zero attached hydrogens (tertiary/aromatic N) is 1. The van der Waals surface area contributed by atoms with Crippen LogP contribution in [0.3, 0.4) is 0 Å².